The van der Waals surface area contributed by atoms with E-state index in [2.05, 4.69) is 0 Å². The van der Waals surface area contributed by atoms with Crippen molar-refractivity contribution in [2.75, 3.05) is 0 Å². The number of carbonyl (C=O) groups is 1. The average molecular weight is 219 g/mol. The summed E-state index contributed by atoms with van der Waals surface area (Å²) in [5, 5.41) is 0. The van der Waals surface area contributed by atoms with Gasteiger partial charge in [0.1, 0.15) is 6.10 Å². The Balaban J connectivity index is 1.85. The fourth-order valence-corrected chi connectivity index (χ4v) is 1.69. The molecule has 0 N–H and O–H groups in total. The zero-order valence-electron chi connectivity index (χ0n) is 9.36. The summed E-state index contributed by atoms with van der Waals surface area (Å²) in [6.07, 6.45) is 4.93. The first-order valence-corrected chi connectivity index (χ1v) is 5.56. The second kappa shape index (κ2) is 5.12. The molecule has 1 saturated carbocycles. The maximum absolute atomic E-state index is 11.6. The van der Waals surface area contributed by atoms with Crippen molar-refractivity contribution in [3.05, 3.63) is 41.5 Å². The summed E-state index contributed by atoms with van der Waals surface area (Å²) in [6.45, 7) is 1.97. The summed E-state index contributed by atoms with van der Waals surface area (Å²) in [5.41, 5.74) is 1.63. The van der Waals surface area contributed by atoms with E-state index in [4.69, 9.17) is 9.78 Å². The minimum Gasteiger partial charge on any atom is -0.292 e. The molecule has 0 heterocycles. The molecule has 0 atom stereocenters. The number of rotatable bonds is 3. The predicted molar refractivity (Wildman–Crippen MR) is 59.4 cm³/mol. The SMILES string of the molecule is Cc1ccc(C(=O)OO[C]2CCCC2)cc1. The number of carbonyl (C=O) groups excluding carboxylic acids is 1. The Labute approximate surface area is 95.3 Å². The van der Waals surface area contributed by atoms with E-state index in [1.807, 2.05) is 19.1 Å². The first kappa shape index (κ1) is 11.1. The summed E-state index contributed by atoms with van der Waals surface area (Å²) < 4.78 is 0. The average Bonchev–Trinajstić information content (AvgIpc) is 2.80. The lowest BCUT2D eigenvalue weighted by atomic mass is 10.2. The number of aryl methyl sites for hydroxylation is 1. The molecular weight excluding hydrogens is 204 g/mol. The van der Waals surface area contributed by atoms with E-state index in [9.17, 15) is 4.79 Å². The zero-order chi connectivity index (χ0) is 11.4. The molecule has 16 heavy (non-hydrogen) atoms. The molecule has 1 radical (unpaired) electrons. The van der Waals surface area contributed by atoms with Crippen LogP contribution in [0.2, 0.25) is 0 Å². The molecule has 0 aliphatic heterocycles. The molecule has 0 amide bonds. The van der Waals surface area contributed by atoms with Crippen molar-refractivity contribution >= 4 is 5.97 Å². The molecule has 2 rings (SSSR count). The van der Waals surface area contributed by atoms with Crippen LogP contribution in [0, 0.1) is 13.0 Å². The molecule has 0 saturated heterocycles. The van der Waals surface area contributed by atoms with E-state index in [0.717, 1.165) is 37.4 Å². The Morgan fingerprint density at radius 2 is 1.75 bits per heavy atom. The number of benzene rings is 1. The molecule has 1 aromatic carbocycles. The normalized spacial score (nSPS) is 16.3. The summed E-state index contributed by atoms with van der Waals surface area (Å²) in [4.78, 5) is 21.3. The van der Waals surface area contributed by atoms with E-state index in [1.165, 1.54) is 0 Å². The molecule has 0 aromatic heterocycles. The number of hydrogen-bond donors (Lipinski definition) is 0. The minimum atomic E-state index is -0.431. The standard InChI is InChI=1S/C13H15O3/c1-10-6-8-11(9-7-10)13(14)16-15-12-4-2-3-5-12/h6-9H,2-5H2,1H3. The molecule has 0 unspecified atom stereocenters. The van der Waals surface area contributed by atoms with Crippen LogP contribution in [0.15, 0.2) is 24.3 Å². The fourth-order valence-electron chi connectivity index (χ4n) is 1.69. The highest BCUT2D eigenvalue weighted by Gasteiger charge is 2.20. The van der Waals surface area contributed by atoms with E-state index in [0.29, 0.717) is 5.56 Å². The van der Waals surface area contributed by atoms with Gasteiger partial charge in [-0.1, -0.05) is 30.5 Å². The molecule has 1 aliphatic rings. The minimum absolute atomic E-state index is 0.431. The quantitative estimate of drug-likeness (QED) is 0.578. The Bertz CT molecular complexity index is 350. The summed E-state index contributed by atoms with van der Waals surface area (Å²) in [6, 6.07) is 7.22. The first-order chi connectivity index (χ1) is 7.75. The van der Waals surface area contributed by atoms with E-state index < -0.39 is 5.97 Å². The van der Waals surface area contributed by atoms with Crippen molar-refractivity contribution in [3.8, 4) is 0 Å². The predicted octanol–water partition coefficient (Wildman–Crippen LogP) is 3.19. The van der Waals surface area contributed by atoms with Crippen molar-refractivity contribution in [2.24, 2.45) is 0 Å². The monoisotopic (exact) mass is 219 g/mol. The molecular formula is C13H15O3. The first-order valence-electron chi connectivity index (χ1n) is 5.56. The van der Waals surface area contributed by atoms with Crippen LogP contribution in [0.25, 0.3) is 0 Å². The van der Waals surface area contributed by atoms with Crippen LogP contribution in [0.4, 0.5) is 0 Å². The third kappa shape index (κ3) is 2.83. The molecule has 85 valence electrons. The Morgan fingerprint density at radius 3 is 2.38 bits per heavy atom. The van der Waals surface area contributed by atoms with Crippen LogP contribution in [0.3, 0.4) is 0 Å². The molecule has 3 nitrogen and oxygen atoms in total. The zero-order valence-corrected chi connectivity index (χ0v) is 9.36. The van der Waals surface area contributed by atoms with Gasteiger partial charge in [-0.05, 0) is 31.9 Å². The van der Waals surface area contributed by atoms with Gasteiger partial charge < -0.3 is 0 Å². The topological polar surface area (TPSA) is 35.5 Å². The molecule has 0 spiro atoms. The lowest BCUT2D eigenvalue weighted by Gasteiger charge is -2.07. The second-order valence-electron chi connectivity index (χ2n) is 4.07. The van der Waals surface area contributed by atoms with Crippen LogP contribution < -0.4 is 0 Å². The van der Waals surface area contributed by atoms with E-state index in [-0.39, 0.29) is 0 Å². The Kier molecular flexibility index (Phi) is 3.57. The number of hydrogen-bond acceptors (Lipinski definition) is 3. The van der Waals surface area contributed by atoms with Gasteiger partial charge in [-0.15, -0.1) is 0 Å². The molecule has 1 aliphatic carbocycles. The van der Waals surface area contributed by atoms with Crippen molar-refractivity contribution in [1.82, 2.24) is 0 Å². The van der Waals surface area contributed by atoms with Gasteiger partial charge in [0.25, 0.3) is 0 Å². The van der Waals surface area contributed by atoms with Gasteiger partial charge in [-0.2, -0.15) is 4.89 Å². The third-order valence-electron chi connectivity index (χ3n) is 2.68. The van der Waals surface area contributed by atoms with Crippen molar-refractivity contribution in [1.29, 1.82) is 0 Å². The Hall–Kier alpha value is -1.35. The van der Waals surface area contributed by atoms with Gasteiger partial charge in [0.05, 0.1) is 5.56 Å². The van der Waals surface area contributed by atoms with Gasteiger partial charge in [0.2, 0.25) is 0 Å². The van der Waals surface area contributed by atoms with E-state index >= 15 is 0 Å². The molecule has 3 heteroatoms. The summed E-state index contributed by atoms with van der Waals surface area (Å²) in [5.74, 6) is -0.431. The van der Waals surface area contributed by atoms with Gasteiger partial charge in [-0.25, -0.2) is 4.79 Å². The Morgan fingerprint density at radius 1 is 1.12 bits per heavy atom. The van der Waals surface area contributed by atoms with Gasteiger partial charge >= 0.3 is 5.97 Å². The third-order valence-corrected chi connectivity index (χ3v) is 2.68. The van der Waals surface area contributed by atoms with Crippen molar-refractivity contribution in [2.45, 2.75) is 32.6 Å². The highest BCUT2D eigenvalue weighted by atomic mass is 17.2. The van der Waals surface area contributed by atoms with Crippen LogP contribution >= 0.6 is 0 Å². The van der Waals surface area contributed by atoms with Crippen molar-refractivity contribution in [3.63, 3.8) is 0 Å². The smallest absolute Gasteiger partial charge is 0.292 e. The summed E-state index contributed by atoms with van der Waals surface area (Å²) in [7, 11) is 0. The maximum atomic E-state index is 11.6. The van der Waals surface area contributed by atoms with Gasteiger partial charge in [-0.3, -0.25) is 4.89 Å². The second-order valence-corrected chi connectivity index (χ2v) is 4.07. The summed E-state index contributed by atoms with van der Waals surface area (Å²) >= 11 is 0. The molecule has 0 bridgehead atoms. The van der Waals surface area contributed by atoms with Gasteiger partial charge in [0, 0.05) is 0 Å². The van der Waals surface area contributed by atoms with Crippen LogP contribution in [0.1, 0.15) is 41.6 Å². The van der Waals surface area contributed by atoms with Crippen LogP contribution in [-0.4, -0.2) is 5.97 Å². The van der Waals surface area contributed by atoms with E-state index in [1.54, 1.807) is 12.1 Å². The molecule has 1 fully saturated rings. The lowest BCUT2D eigenvalue weighted by Crippen LogP contribution is -2.08. The fraction of sp³-hybridized carbons (Fsp3) is 0.385. The largest absolute Gasteiger partial charge is 0.373 e. The highest BCUT2D eigenvalue weighted by molar-refractivity contribution is 5.88. The molecule has 1 aromatic rings. The van der Waals surface area contributed by atoms with Gasteiger partial charge in [0.15, 0.2) is 0 Å². The van der Waals surface area contributed by atoms with Crippen LogP contribution in [0.5, 0.6) is 0 Å². The highest BCUT2D eigenvalue weighted by Crippen LogP contribution is 2.28. The van der Waals surface area contributed by atoms with Crippen molar-refractivity contribution < 1.29 is 14.6 Å². The van der Waals surface area contributed by atoms with Crippen LogP contribution in [-0.2, 0) is 9.78 Å². The maximum Gasteiger partial charge on any atom is 0.373 e. The lowest BCUT2D eigenvalue weighted by molar-refractivity contribution is -0.234.